The molecule has 2 aliphatic heterocycles. The van der Waals surface area contributed by atoms with Crippen LogP contribution in [0.1, 0.15) is 19.4 Å². The molecule has 0 aromatic heterocycles. The highest BCUT2D eigenvalue weighted by molar-refractivity contribution is 9.10. The standard InChI is InChI=1S/C26H28BrN3O5S/c1-3-34-21-15-18(14-20(27)24(21)35-4-2)16-22-25(32)30(26(33)36-22)17-23(31)29-12-10-28(11-13-29)19-8-6-5-7-9-19/h5-9,14-16H,3-4,10-13,17H2,1-2H3/b22-16+. The Labute approximate surface area is 223 Å². The Bertz CT molecular complexity index is 1170. The maximum Gasteiger partial charge on any atom is 0.294 e. The topological polar surface area (TPSA) is 79.4 Å². The van der Waals surface area contributed by atoms with Gasteiger partial charge >= 0.3 is 0 Å². The SMILES string of the molecule is CCOc1cc(/C=C2/SC(=O)N(CC(=O)N3CCN(c4ccccc4)CC3)C2=O)cc(Br)c1OCC. The van der Waals surface area contributed by atoms with Crippen LogP contribution in [0.5, 0.6) is 11.5 Å². The molecule has 4 rings (SSSR count). The van der Waals surface area contributed by atoms with Crippen LogP contribution in [0, 0.1) is 0 Å². The van der Waals surface area contributed by atoms with E-state index in [9.17, 15) is 14.4 Å². The van der Waals surface area contributed by atoms with Crippen molar-refractivity contribution in [3.05, 3.63) is 57.4 Å². The first kappa shape index (κ1) is 26.1. The summed E-state index contributed by atoms with van der Waals surface area (Å²) in [6.45, 7) is 6.92. The van der Waals surface area contributed by atoms with E-state index in [-0.39, 0.29) is 17.4 Å². The number of piperazine rings is 1. The van der Waals surface area contributed by atoms with Gasteiger partial charge in [-0.05, 0) is 77.4 Å². The number of carbonyl (C=O) groups is 3. The lowest BCUT2D eigenvalue weighted by molar-refractivity contribution is -0.136. The summed E-state index contributed by atoms with van der Waals surface area (Å²) in [6.07, 6.45) is 1.64. The van der Waals surface area contributed by atoms with Gasteiger partial charge in [0.1, 0.15) is 6.54 Å². The van der Waals surface area contributed by atoms with Gasteiger partial charge in [0.15, 0.2) is 11.5 Å². The van der Waals surface area contributed by atoms with Crippen molar-refractivity contribution in [3.8, 4) is 11.5 Å². The average Bonchev–Trinajstić information content (AvgIpc) is 3.14. The van der Waals surface area contributed by atoms with E-state index in [1.807, 2.05) is 44.2 Å². The lowest BCUT2D eigenvalue weighted by atomic mass is 10.2. The quantitative estimate of drug-likeness (QED) is 0.426. The van der Waals surface area contributed by atoms with Crippen LogP contribution in [-0.2, 0) is 9.59 Å². The Kier molecular flexibility index (Phi) is 8.58. The molecule has 2 heterocycles. The normalized spacial score (nSPS) is 17.2. The summed E-state index contributed by atoms with van der Waals surface area (Å²) in [4.78, 5) is 43.8. The van der Waals surface area contributed by atoms with E-state index in [0.29, 0.717) is 60.9 Å². The number of ether oxygens (including phenoxy) is 2. The van der Waals surface area contributed by atoms with Crippen molar-refractivity contribution in [2.24, 2.45) is 0 Å². The minimum Gasteiger partial charge on any atom is -0.490 e. The van der Waals surface area contributed by atoms with E-state index in [4.69, 9.17) is 9.47 Å². The predicted octanol–water partition coefficient (Wildman–Crippen LogP) is 4.63. The number of nitrogens with zero attached hydrogens (tertiary/aromatic N) is 3. The Morgan fingerprint density at radius 2 is 1.72 bits per heavy atom. The molecule has 0 bridgehead atoms. The summed E-state index contributed by atoms with van der Waals surface area (Å²) in [5.41, 5.74) is 1.80. The van der Waals surface area contributed by atoms with Crippen LogP contribution in [0.3, 0.4) is 0 Å². The summed E-state index contributed by atoms with van der Waals surface area (Å²) in [5, 5.41) is -0.447. The van der Waals surface area contributed by atoms with Gasteiger partial charge in [-0.1, -0.05) is 18.2 Å². The molecule has 36 heavy (non-hydrogen) atoms. The van der Waals surface area contributed by atoms with Crippen LogP contribution in [0.2, 0.25) is 0 Å². The third kappa shape index (κ3) is 5.87. The Morgan fingerprint density at radius 1 is 1.03 bits per heavy atom. The fourth-order valence-electron chi connectivity index (χ4n) is 4.09. The molecule has 0 unspecified atom stereocenters. The number of anilines is 1. The molecule has 2 aromatic carbocycles. The van der Waals surface area contributed by atoms with E-state index >= 15 is 0 Å². The molecule has 2 aromatic rings. The maximum absolute atomic E-state index is 13.0. The molecule has 0 saturated carbocycles. The summed E-state index contributed by atoms with van der Waals surface area (Å²) in [7, 11) is 0. The zero-order valence-electron chi connectivity index (χ0n) is 20.2. The fourth-order valence-corrected chi connectivity index (χ4v) is 5.51. The second-order valence-electron chi connectivity index (χ2n) is 8.17. The molecule has 0 N–H and O–H groups in total. The van der Waals surface area contributed by atoms with Crippen LogP contribution >= 0.6 is 27.7 Å². The first-order valence-electron chi connectivity index (χ1n) is 11.8. The number of rotatable bonds is 8. The molecule has 3 amide bonds. The minimum absolute atomic E-state index is 0.228. The van der Waals surface area contributed by atoms with Crippen molar-refractivity contribution in [3.63, 3.8) is 0 Å². The van der Waals surface area contributed by atoms with Gasteiger partial charge in [-0.3, -0.25) is 19.3 Å². The number of halogens is 1. The molecule has 2 saturated heterocycles. The van der Waals surface area contributed by atoms with Crippen molar-refractivity contribution < 1.29 is 23.9 Å². The van der Waals surface area contributed by atoms with Crippen LogP contribution in [0.15, 0.2) is 51.8 Å². The van der Waals surface area contributed by atoms with Gasteiger partial charge in [0.05, 0.1) is 22.6 Å². The first-order chi connectivity index (χ1) is 17.4. The minimum atomic E-state index is -0.468. The number of hydrogen-bond donors (Lipinski definition) is 0. The Hall–Kier alpha value is -2.98. The number of amides is 3. The van der Waals surface area contributed by atoms with Gasteiger partial charge < -0.3 is 19.3 Å². The van der Waals surface area contributed by atoms with Gasteiger partial charge in [0.25, 0.3) is 11.1 Å². The van der Waals surface area contributed by atoms with E-state index < -0.39 is 11.1 Å². The van der Waals surface area contributed by atoms with Crippen molar-refractivity contribution in [2.75, 3.05) is 50.8 Å². The molecule has 0 aliphatic carbocycles. The predicted molar refractivity (Wildman–Crippen MR) is 144 cm³/mol. The molecule has 0 atom stereocenters. The highest BCUT2D eigenvalue weighted by Crippen LogP contribution is 2.39. The number of hydrogen-bond acceptors (Lipinski definition) is 7. The molecule has 2 fully saturated rings. The summed E-state index contributed by atoms with van der Waals surface area (Å²) in [6, 6.07) is 13.6. The van der Waals surface area contributed by atoms with Gasteiger partial charge in [0, 0.05) is 31.9 Å². The largest absolute Gasteiger partial charge is 0.490 e. The molecule has 0 spiro atoms. The first-order valence-corrected chi connectivity index (χ1v) is 13.4. The van der Waals surface area contributed by atoms with E-state index in [0.717, 1.165) is 22.3 Å². The Morgan fingerprint density at radius 3 is 2.39 bits per heavy atom. The third-order valence-corrected chi connectivity index (χ3v) is 7.34. The zero-order valence-corrected chi connectivity index (χ0v) is 22.6. The molecule has 8 nitrogen and oxygen atoms in total. The van der Waals surface area contributed by atoms with Gasteiger partial charge in [-0.15, -0.1) is 0 Å². The molecule has 190 valence electrons. The van der Waals surface area contributed by atoms with Crippen molar-refractivity contribution in [1.82, 2.24) is 9.80 Å². The average molecular weight is 574 g/mol. The van der Waals surface area contributed by atoms with Crippen LogP contribution in [0.4, 0.5) is 10.5 Å². The lowest BCUT2D eigenvalue weighted by Gasteiger charge is -2.36. The van der Waals surface area contributed by atoms with E-state index in [1.54, 1.807) is 23.1 Å². The van der Waals surface area contributed by atoms with Gasteiger partial charge in [0.2, 0.25) is 5.91 Å². The second kappa shape index (κ2) is 11.8. The zero-order chi connectivity index (χ0) is 25.7. The maximum atomic E-state index is 13.0. The van der Waals surface area contributed by atoms with Crippen molar-refractivity contribution in [2.45, 2.75) is 13.8 Å². The van der Waals surface area contributed by atoms with Crippen LogP contribution in [-0.4, -0.2) is 72.8 Å². The summed E-state index contributed by atoms with van der Waals surface area (Å²) >= 11 is 4.33. The Balaban J connectivity index is 1.41. The number of carbonyl (C=O) groups excluding carboxylic acids is 3. The number of benzene rings is 2. The van der Waals surface area contributed by atoms with E-state index in [1.165, 1.54) is 0 Å². The van der Waals surface area contributed by atoms with Gasteiger partial charge in [-0.25, -0.2) is 0 Å². The van der Waals surface area contributed by atoms with Crippen LogP contribution < -0.4 is 14.4 Å². The number of para-hydroxylation sites is 1. The smallest absolute Gasteiger partial charge is 0.294 e. The summed E-state index contributed by atoms with van der Waals surface area (Å²) < 4.78 is 12.0. The fraction of sp³-hybridized carbons (Fsp3) is 0.346. The monoisotopic (exact) mass is 573 g/mol. The van der Waals surface area contributed by atoms with Crippen LogP contribution in [0.25, 0.3) is 6.08 Å². The third-order valence-electron chi connectivity index (χ3n) is 5.84. The van der Waals surface area contributed by atoms with E-state index in [2.05, 4.69) is 20.8 Å². The number of imide groups is 1. The molecular formula is C26H28BrN3O5S. The molecule has 10 heteroatoms. The number of thioether (sulfide) groups is 1. The highest BCUT2D eigenvalue weighted by Gasteiger charge is 2.37. The van der Waals surface area contributed by atoms with Gasteiger partial charge in [-0.2, -0.15) is 0 Å². The van der Waals surface area contributed by atoms with Crippen molar-refractivity contribution in [1.29, 1.82) is 0 Å². The summed E-state index contributed by atoms with van der Waals surface area (Å²) in [5.74, 6) is 0.435. The molecular weight excluding hydrogens is 546 g/mol. The molecule has 0 radical (unpaired) electrons. The lowest BCUT2D eigenvalue weighted by Crippen LogP contribution is -2.51. The van der Waals surface area contributed by atoms with Crippen molar-refractivity contribution >= 4 is 56.5 Å². The molecule has 2 aliphatic rings. The second-order valence-corrected chi connectivity index (χ2v) is 10.0. The highest BCUT2D eigenvalue weighted by atomic mass is 79.9.